The van der Waals surface area contributed by atoms with Gasteiger partial charge in [-0.25, -0.2) is 0 Å². The summed E-state index contributed by atoms with van der Waals surface area (Å²) in [6.45, 7) is 6.10. The van der Waals surface area contributed by atoms with Crippen molar-refractivity contribution in [2.45, 2.75) is 39.7 Å². The van der Waals surface area contributed by atoms with Gasteiger partial charge < -0.3 is 0 Å². The molecule has 21 heavy (non-hydrogen) atoms. The number of aromatic nitrogens is 3. The fraction of sp³-hybridized carbons (Fsp3) is 0.467. The number of rotatable bonds is 5. The van der Waals surface area contributed by atoms with Gasteiger partial charge in [-0.15, -0.1) is 0 Å². The molecule has 2 heterocycles. The molecular weight excluding hydrogens is 330 g/mol. The van der Waals surface area contributed by atoms with E-state index in [0.29, 0.717) is 0 Å². The summed E-state index contributed by atoms with van der Waals surface area (Å²) < 4.78 is 3.00. The summed E-state index contributed by atoms with van der Waals surface area (Å²) >= 11 is 3.66. The quantitative estimate of drug-likeness (QED) is 0.641. The van der Waals surface area contributed by atoms with E-state index >= 15 is 0 Å². The van der Waals surface area contributed by atoms with Gasteiger partial charge in [0.15, 0.2) is 0 Å². The molecule has 0 radical (unpaired) electrons. The summed E-state index contributed by atoms with van der Waals surface area (Å²) in [5, 5.41) is 4.53. The highest BCUT2D eigenvalue weighted by Crippen LogP contribution is 2.27. The van der Waals surface area contributed by atoms with Crippen LogP contribution in [0.25, 0.3) is 0 Å². The van der Waals surface area contributed by atoms with E-state index in [0.717, 1.165) is 45.7 Å². The van der Waals surface area contributed by atoms with Crippen LogP contribution in [0.4, 0.5) is 0 Å². The van der Waals surface area contributed by atoms with Crippen LogP contribution >= 0.6 is 15.9 Å². The minimum Gasteiger partial charge on any atom is -0.271 e. The first-order valence-electron chi connectivity index (χ1n) is 7.07. The van der Waals surface area contributed by atoms with E-state index in [1.54, 1.807) is 0 Å². The standard InChI is InChI=1S/C15H22BrN5/c1-5-12-15(16)14(21(4)20-12)8-13(19-17)11-6-9(2)18-10(3)7-11/h6-7,13,19H,5,8,17H2,1-4H3. The van der Waals surface area contributed by atoms with E-state index in [4.69, 9.17) is 5.84 Å². The Kier molecular flexibility index (Phi) is 5.13. The van der Waals surface area contributed by atoms with Crippen molar-refractivity contribution in [3.63, 3.8) is 0 Å². The molecule has 0 saturated heterocycles. The van der Waals surface area contributed by atoms with Crippen LogP contribution in [0, 0.1) is 13.8 Å². The highest BCUT2D eigenvalue weighted by atomic mass is 79.9. The molecule has 1 unspecified atom stereocenters. The maximum absolute atomic E-state index is 5.78. The monoisotopic (exact) mass is 351 g/mol. The van der Waals surface area contributed by atoms with Crippen molar-refractivity contribution in [3.8, 4) is 0 Å². The normalized spacial score (nSPS) is 12.7. The van der Waals surface area contributed by atoms with Gasteiger partial charge in [0.2, 0.25) is 0 Å². The van der Waals surface area contributed by atoms with E-state index in [-0.39, 0.29) is 6.04 Å². The molecule has 0 saturated carbocycles. The molecule has 114 valence electrons. The fourth-order valence-corrected chi connectivity index (χ4v) is 3.35. The Morgan fingerprint density at radius 1 is 1.33 bits per heavy atom. The third-order valence-corrected chi connectivity index (χ3v) is 4.52. The number of nitrogens with one attached hydrogen (secondary N) is 1. The van der Waals surface area contributed by atoms with Crippen LogP contribution in [0.15, 0.2) is 16.6 Å². The Balaban J connectivity index is 2.33. The van der Waals surface area contributed by atoms with Gasteiger partial charge >= 0.3 is 0 Å². The van der Waals surface area contributed by atoms with Crippen molar-refractivity contribution in [2.24, 2.45) is 12.9 Å². The first kappa shape index (κ1) is 16.1. The topological polar surface area (TPSA) is 68.8 Å². The first-order valence-corrected chi connectivity index (χ1v) is 7.87. The van der Waals surface area contributed by atoms with Crippen LogP contribution < -0.4 is 11.3 Å². The number of nitrogens with two attached hydrogens (primary N) is 1. The summed E-state index contributed by atoms with van der Waals surface area (Å²) in [6, 6.07) is 4.17. The molecule has 2 aromatic heterocycles. The van der Waals surface area contributed by atoms with Gasteiger partial charge in [0.05, 0.1) is 21.9 Å². The molecule has 0 aromatic carbocycles. The molecule has 5 nitrogen and oxygen atoms in total. The predicted octanol–water partition coefficient (Wildman–Crippen LogP) is 2.50. The van der Waals surface area contributed by atoms with Gasteiger partial charge in [-0.1, -0.05) is 6.92 Å². The minimum absolute atomic E-state index is 0.0295. The Labute approximate surface area is 134 Å². The average Bonchev–Trinajstić information content (AvgIpc) is 2.70. The molecule has 6 heteroatoms. The molecule has 0 amide bonds. The molecule has 0 fully saturated rings. The van der Waals surface area contributed by atoms with Crippen molar-refractivity contribution in [3.05, 3.63) is 44.9 Å². The SMILES string of the molecule is CCc1nn(C)c(CC(NN)c2cc(C)nc(C)c2)c1Br. The van der Waals surface area contributed by atoms with Gasteiger partial charge in [0.1, 0.15) is 0 Å². The molecule has 0 aliphatic heterocycles. The molecule has 1 atom stereocenters. The zero-order valence-electron chi connectivity index (χ0n) is 12.9. The minimum atomic E-state index is 0.0295. The van der Waals surface area contributed by atoms with Crippen LogP contribution in [0.1, 0.15) is 41.3 Å². The van der Waals surface area contributed by atoms with Crippen LogP contribution in [0.2, 0.25) is 0 Å². The zero-order chi connectivity index (χ0) is 15.6. The third kappa shape index (κ3) is 3.51. The lowest BCUT2D eigenvalue weighted by molar-refractivity contribution is 0.527. The Hall–Kier alpha value is -1.24. The number of aryl methyl sites for hydroxylation is 4. The molecule has 0 aliphatic rings. The summed E-state index contributed by atoms with van der Waals surface area (Å²) in [5.41, 5.74) is 8.28. The van der Waals surface area contributed by atoms with Gasteiger partial charge in [-0.3, -0.25) is 20.9 Å². The average molecular weight is 352 g/mol. The third-order valence-electron chi connectivity index (χ3n) is 3.61. The lowest BCUT2D eigenvalue weighted by Gasteiger charge is -2.18. The largest absolute Gasteiger partial charge is 0.271 e. The van der Waals surface area contributed by atoms with Crippen molar-refractivity contribution < 1.29 is 0 Å². The van der Waals surface area contributed by atoms with Gasteiger partial charge in [-0.05, 0) is 53.9 Å². The highest BCUT2D eigenvalue weighted by molar-refractivity contribution is 9.10. The van der Waals surface area contributed by atoms with Gasteiger partial charge in [0.25, 0.3) is 0 Å². The molecular formula is C15H22BrN5. The molecule has 2 rings (SSSR count). The van der Waals surface area contributed by atoms with E-state index in [2.05, 4.69) is 50.5 Å². The number of hydrogen-bond donors (Lipinski definition) is 2. The number of halogens is 1. The van der Waals surface area contributed by atoms with Crippen LogP contribution in [-0.4, -0.2) is 14.8 Å². The summed E-state index contributed by atoms with van der Waals surface area (Å²) in [5.74, 6) is 5.78. The van der Waals surface area contributed by atoms with E-state index < -0.39 is 0 Å². The first-order chi connectivity index (χ1) is 9.96. The predicted molar refractivity (Wildman–Crippen MR) is 87.8 cm³/mol. The summed E-state index contributed by atoms with van der Waals surface area (Å²) in [7, 11) is 1.97. The second-order valence-corrected chi connectivity index (χ2v) is 6.08. The van der Waals surface area contributed by atoms with Crippen LogP contribution in [0.3, 0.4) is 0 Å². The van der Waals surface area contributed by atoms with E-state index in [1.165, 1.54) is 0 Å². The highest BCUT2D eigenvalue weighted by Gasteiger charge is 2.18. The molecule has 3 N–H and O–H groups in total. The number of pyridine rings is 1. The van der Waals surface area contributed by atoms with E-state index in [1.807, 2.05) is 25.6 Å². The maximum Gasteiger partial charge on any atom is 0.0766 e. The Morgan fingerprint density at radius 3 is 2.43 bits per heavy atom. The second kappa shape index (κ2) is 6.68. The Morgan fingerprint density at radius 2 is 1.95 bits per heavy atom. The fourth-order valence-electron chi connectivity index (χ4n) is 2.58. The lowest BCUT2D eigenvalue weighted by Crippen LogP contribution is -2.30. The summed E-state index contributed by atoms with van der Waals surface area (Å²) in [4.78, 5) is 4.42. The number of hydrazine groups is 1. The Bertz CT molecular complexity index is 615. The number of nitrogens with zero attached hydrogens (tertiary/aromatic N) is 3. The van der Waals surface area contributed by atoms with Crippen molar-refractivity contribution in [1.82, 2.24) is 20.2 Å². The molecule has 2 aromatic rings. The maximum atomic E-state index is 5.78. The second-order valence-electron chi connectivity index (χ2n) is 5.29. The lowest BCUT2D eigenvalue weighted by atomic mass is 10.0. The molecule has 0 spiro atoms. The van der Waals surface area contributed by atoms with Crippen LogP contribution in [-0.2, 0) is 19.9 Å². The molecule has 0 aliphatic carbocycles. The summed E-state index contributed by atoms with van der Waals surface area (Å²) in [6.07, 6.45) is 1.67. The smallest absolute Gasteiger partial charge is 0.0766 e. The zero-order valence-corrected chi connectivity index (χ0v) is 14.5. The molecule has 0 bridgehead atoms. The van der Waals surface area contributed by atoms with Gasteiger partial charge in [-0.2, -0.15) is 5.10 Å². The van der Waals surface area contributed by atoms with Crippen molar-refractivity contribution in [1.29, 1.82) is 0 Å². The van der Waals surface area contributed by atoms with Crippen molar-refractivity contribution in [2.75, 3.05) is 0 Å². The number of hydrogen-bond acceptors (Lipinski definition) is 4. The van der Waals surface area contributed by atoms with Crippen molar-refractivity contribution >= 4 is 15.9 Å². The van der Waals surface area contributed by atoms with Crippen LogP contribution in [0.5, 0.6) is 0 Å². The van der Waals surface area contributed by atoms with E-state index in [9.17, 15) is 0 Å². The van der Waals surface area contributed by atoms with Gasteiger partial charge in [0, 0.05) is 24.9 Å².